The van der Waals surface area contributed by atoms with Gasteiger partial charge in [-0.15, -0.1) is 0 Å². The fourth-order valence-corrected chi connectivity index (χ4v) is 5.98. The van der Waals surface area contributed by atoms with E-state index in [1.54, 1.807) is 36.4 Å². The summed E-state index contributed by atoms with van der Waals surface area (Å²) >= 11 is 0. The second-order valence-electron chi connectivity index (χ2n) is 7.68. The number of hydrogen-bond donors (Lipinski definition) is 1. The zero-order valence-corrected chi connectivity index (χ0v) is 17.2. The van der Waals surface area contributed by atoms with E-state index in [0.717, 1.165) is 11.6 Å². The van der Waals surface area contributed by atoms with E-state index in [9.17, 15) is 17.2 Å². The Labute approximate surface area is 174 Å². The molecule has 7 heteroatoms. The van der Waals surface area contributed by atoms with Crippen LogP contribution >= 0.6 is 0 Å². The molecule has 4 nitrogen and oxygen atoms in total. The van der Waals surface area contributed by atoms with E-state index in [1.807, 2.05) is 6.92 Å². The molecule has 0 radical (unpaired) electrons. The Hall–Kier alpha value is -2.64. The fourth-order valence-electron chi connectivity index (χ4n) is 4.19. The van der Waals surface area contributed by atoms with Crippen LogP contribution < -0.4 is 5.73 Å². The zero-order chi connectivity index (χ0) is 21.5. The molecular formula is C23H22F2N2O2S. The summed E-state index contributed by atoms with van der Waals surface area (Å²) in [6.07, 6.45) is 2.02. The van der Waals surface area contributed by atoms with Gasteiger partial charge in [-0.05, 0) is 55.2 Å². The van der Waals surface area contributed by atoms with E-state index in [2.05, 4.69) is 4.98 Å². The molecule has 3 atom stereocenters. The molecule has 2 aromatic carbocycles. The summed E-state index contributed by atoms with van der Waals surface area (Å²) in [6, 6.07) is 13.4. The van der Waals surface area contributed by atoms with Crippen molar-refractivity contribution in [3.63, 3.8) is 0 Å². The number of fused-ring (bicyclic) bond motifs is 1. The van der Waals surface area contributed by atoms with Crippen molar-refractivity contribution in [2.75, 3.05) is 0 Å². The van der Waals surface area contributed by atoms with Gasteiger partial charge in [-0.3, -0.25) is 4.98 Å². The van der Waals surface area contributed by atoms with Crippen LogP contribution in [0.15, 0.2) is 65.7 Å². The lowest BCUT2D eigenvalue weighted by molar-refractivity contribution is 0.453. The molecule has 4 rings (SSSR count). The number of sulfone groups is 1. The number of aromatic nitrogens is 1. The Morgan fingerprint density at radius 1 is 0.967 bits per heavy atom. The summed E-state index contributed by atoms with van der Waals surface area (Å²) in [5.74, 6) is -2.45. The molecule has 0 bridgehead atoms. The van der Waals surface area contributed by atoms with Crippen LogP contribution in [0.3, 0.4) is 0 Å². The monoisotopic (exact) mass is 428 g/mol. The number of rotatable bonds is 3. The fraction of sp³-hybridized carbons (Fsp3) is 0.261. The molecule has 0 spiro atoms. The molecule has 0 fully saturated rings. The van der Waals surface area contributed by atoms with Gasteiger partial charge in [0.1, 0.15) is 5.25 Å². The number of benzene rings is 2. The number of hydrogen-bond acceptors (Lipinski definition) is 4. The molecule has 0 unspecified atom stereocenters. The minimum Gasteiger partial charge on any atom is -0.323 e. The molecule has 0 amide bonds. The van der Waals surface area contributed by atoms with Crippen LogP contribution in [-0.4, -0.2) is 13.4 Å². The number of nitrogens with zero attached hydrogens (tertiary/aromatic N) is 1. The van der Waals surface area contributed by atoms with E-state index < -0.39 is 38.7 Å². The van der Waals surface area contributed by atoms with E-state index in [4.69, 9.17) is 5.73 Å². The molecular weight excluding hydrogens is 406 g/mol. The molecule has 0 saturated heterocycles. The molecule has 1 aromatic heterocycles. The second-order valence-corrected chi connectivity index (χ2v) is 9.81. The lowest BCUT2D eigenvalue weighted by atomic mass is 9.86. The van der Waals surface area contributed by atoms with Gasteiger partial charge in [-0.25, -0.2) is 17.2 Å². The number of pyridine rings is 1. The highest BCUT2D eigenvalue weighted by atomic mass is 32.2. The average Bonchev–Trinajstić information content (AvgIpc) is 2.88. The third kappa shape index (κ3) is 3.52. The van der Waals surface area contributed by atoms with E-state index in [0.29, 0.717) is 11.3 Å². The van der Waals surface area contributed by atoms with Crippen LogP contribution in [0.1, 0.15) is 52.4 Å². The van der Waals surface area contributed by atoms with E-state index in [-0.39, 0.29) is 23.3 Å². The zero-order valence-electron chi connectivity index (χ0n) is 16.4. The summed E-state index contributed by atoms with van der Waals surface area (Å²) < 4.78 is 55.3. The predicted octanol–water partition coefficient (Wildman–Crippen LogP) is 4.76. The Morgan fingerprint density at radius 3 is 2.40 bits per heavy atom. The first-order valence-electron chi connectivity index (χ1n) is 9.75. The van der Waals surface area contributed by atoms with Crippen molar-refractivity contribution in [3.8, 4) is 0 Å². The van der Waals surface area contributed by atoms with E-state index in [1.165, 1.54) is 18.3 Å². The summed E-state index contributed by atoms with van der Waals surface area (Å²) in [7, 11) is -3.75. The lowest BCUT2D eigenvalue weighted by Crippen LogP contribution is -2.21. The highest BCUT2D eigenvalue weighted by Crippen LogP contribution is 2.45. The third-order valence-corrected chi connectivity index (χ3v) is 7.95. The normalized spacial score (nSPS) is 21.7. The van der Waals surface area contributed by atoms with Gasteiger partial charge in [0.2, 0.25) is 0 Å². The van der Waals surface area contributed by atoms with Crippen LogP contribution in [0.4, 0.5) is 8.78 Å². The van der Waals surface area contributed by atoms with E-state index >= 15 is 0 Å². The van der Waals surface area contributed by atoms with Crippen LogP contribution in [0.5, 0.6) is 0 Å². The minimum absolute atomic E-state index is 0.158. The molecule has 1 heterocycles. The van der Waals surface area contributed by atoms with Crippen molar-refractivity contribution in [1.29, 1.82) is 0 Å². The van der Waals surface area contributed by atoms with Gasteiger partial charge in [-0.1, -0.05) is 35.9 Å². The number of nitrogens with two attached hydrogens (primary N) is 1. The van der Waals surface area contributed by atoms with Gasteiger partial charge >= 0.3 is 0 Å². The first kappa shape index (κ1) is 20.6. The van der Waals surface area contributed by atoms with Crippen molar-refractivity contribution in [1.82, 2.24) is 4.98 Å². The Kier molecular flexibility index (Phi) is 5.42. The summed E-state index contributed by atoms with van der Waals surface area (Å²) in [4.78, 5) is 4.57. The molecule has 0 aliphatic heterocycles. The van der Waals surface area contributed by atoms with Gasteiger partial charge in [0.25, 0.3) is 0 Å². The minimum atomic E-state index is -3.75. The van der Waals surface area contributed by atoms with Gasteiger partial charge in [0.05, 0.1) is 10.6 Å². The van der Waals surface area contributed by atoms with Gasteiger partial charge < -0.3 is 5.73 Å². The molecule has 1 aliphatic rings. The number of aryl methyl sites for hydroxylation is 1. The predicted molar refractivity (Wildman–Crippen MR) is 111 cm³/mol. The van der Waals surface area contributed by atoms with Crippen LogP contribution in [0, 0.1) is 18.6 Å². The summed E-state index contributed by atoms with van der Waals surface area (Å²) in [6.45, 7) is 1.88. The molecule has 30 heavy (non-hydrogen) atoms. The molecule has 3 aromatic rings. The quantitative estimate of drug-likeness (QED) is 0.611. The smallest absolute Gasteiger partial charge is 0.186 e. The second kappa shape index (κ2) is 7.89. The Bertz CT molecular complexity index is 1180. The van der Waals surface area contributed by atoms with Crippen LogP contribution in [0.2, 0.25) is 0 Å². The average molecular weight is 429 g/mol. The standard InChI is InChI=1S/C23H22F2N2O2S/c1-14-7-9-15(10-8-14)30(28,29)20-12-11-17(16-4-2-6-19(24)21(16)25)22(26)18-5-3-13-27-23(18)20/h2-10,13,17,20,22H,11-12,26H2,1H3/t17-,20-,22+/m1/s1. The third-order valence-electron chi connectivity index (χ3n) is 5.81. The molecule has 156 valence electrons. The SMILES string of the molecule is Cc1ccc(S(=O)(=O)[C@@H]2CC[C@H](c3cccc(F)c3F)[C@H](N)c3cccnc32)cc1. The van der Waals surface area contributed by atoms with Crippen molar-refractivity contribution < 1.29 is 17.2 Å². The maximum Gasteiger partial charge on any atom is 0.186 e. The van der Waals surface area contributed by atoms with Crippen LogP contribution in [-0.2, 0) is 9.84 Å². The highest BCUT2D eigenvalue weighted by molar-refractivity contribution is 7.91. The van der Waals surface area contributed by atoms with Crippen LogP contribution in [0.25, 0.3) is 0 Å². The van der Waals surface area contributed by atoms with Gasteiger partial charge in [0.15, 0.2) is 21.5 Å². The van der Waals surface area contributed by atoms with Crippen molar-refractivity contribution in [2.45, 2.75) is 41.9 Å². The first-order valence-corrected chi connectivity index (χ1v) is 11.3. The maximum atomic E-state index is 14.5. The van der Waals surface area contributed by atoms with Crippen molar-refractivity contribution in [3.05, 3.63) is 94.8 Å². The van der Waals surface area contributed by atoms with Gasteiger partial charge in [0, 0.05) is 18.2 Å². The van der Waals surface area contributed by atoms with Crippen molar-refractivity contribution in [2.24, 2.45) is 5.73 Å². The summed E-state index contributed by atoms with van der Waals surface area (Å²) in [5.41, 5.74) is 8.52. The first-order chi connectivity index (χ1) is 14.3. The Balaban J connectivity index is 1.82. The largest absolute Gasteiger partial charge is 0.323 e. The Morgan fingerprint density at radius 2 is 1.67 bits per heavy atom. The molecule has 2 N–H and O–H groups in total. The maximum absolute atomic E-state index is 14.5. The molecule has 1 aliphatic carbocycles. The lowest BCUT2D eigenvalue weighted by Gasteiger charge is -2.23. The topological polar surface area (TPSA) is 73.0 Å². The van der Waals surface area contributed by atoms with Crippen molar-refractivity contribution >= 4 is 9.84 Å². The number of halogens is 2. The van der Waals surface area contributed by atoms with Gasteiger partial charge in [-0.2, -0.15) is 0 Å². The molecule has 0 saturated carbocycles. The summed E-state index contributed by atoms with van der Waals surface area (Å²) in [5, 5.41) is -0.913. The highest BCUT2D eigenvalue weighted by Gasteiger charge is 2.39.